The number of allylic oxidation sites excluding steroid dienone is 2. The number of aliphatic hydroxyl groups excluding tert-OH is 1. The number of hydrogen-bond acceptors (Lipinski definition) is 5. The molecule has 0 saturated heterocycles. The molecule has 5 heteroatoms. The molecule has 0 fully saturated rings. The van der Waals surface area contributed by atoms with Crippen molar-refractivity contribution in [3.63, 3.8) is 0 Å². The van der Waals surface area contributed by atoms with Gasteiger partial charge < -0.3 is 20.1 Å². The smallest absolute Gasteiger partial charge is 0.342 e. The van der Waals surface area contributed by atoms with Crippen molar-refractivity contribution in [1.29, 1.82) is 0 Å². The molecular formula is C24H36O5. The lowest BCUT2D eigenvalue weighted by molar-refractivity contribution is 0.0233. The molecule has 1 aromatic carbocycles. The van der Waals surface area contributed by atoms with Crippen LogP contribution in [-0.4, -0.2) is 34.0 Å². The Bertz CT molecular complexity index is 722. The van der Waals surface area contributed by atoms with E-state index in [0.717, 1.165) is 44.9 Å². The van der Waals surface area contributed by atoms with Crippen LogP contribution in [0.2, 0.25) is 0 Å². The minimum Gasteiger partial charge on any atom is -0.507 e. The molecule has 1 aliphatic carbocycles. The number of ether oxygens (including phenoxy) is 1. The molecule has 0 bridgehead atoms. The lowest BCUT2D eigenvalue weighted by Crippen LogP contribution is -2.20. The molecule has 2 atom stereocenters. The zero-order valence-electron chi connectivity index (χ0n) is 18.0. The molecule has 1 aliphatic rings. The quantitative estimate of drug-likeness (QED) is 0.277. The van der Waals surface area contributed by atoms with Gasteiger partial charge in [0, 0.05) is 11.5 Å². The number of esters is 1. The van der Waals surface area contributed by atoms with E-state index < -0.39 is 12.1 Å². The van der Waals surface area contributed by atoms with Crippen molar-refractivity contribution in [3.05, 3.63) is 34.4 Å². The summed E-state index contributed by atoms with van der Waals surface area (Å²) in [5, 5.41) is 31.6. The normalized spacial score (nSPS) is 17.7. The highest BCUT2D eigenvalue weighted by Gasteiger charge is 2.28. The second-order valence-electron chi connectivity index (χ2n) is 8.20. The SMILES string of the molecule is CCCCCc1cc(O)c(C2C=C(C)CCC2)c(O)c1C(=O)OCC(O)CCC. The van der Waals surface area contributed by atoms with Crippen LogP contribution >= 0.6 is 0 Å². The summed E-state index contributed by atoms with van der Waals surface area (Å²) < 4.78 is 5.33. The number of benzene rings is 1. The second-order valence-corrected chi connectivity index (χ2v) is 8.20. The van der Waals surface area contributed by atoms with E-state index in [1.807, 2.05) is 13.8 Å². The van der Waals surface area contributed by atoms with Crippen molar-refractivity contribution >= 4 is 5.97 Å². The summed E-state index contributed by atoms with van der Waals surface area (Å²) in [7, 11) is 0. The zero-order chi connectivity index (χ0) is 21.4. The van der Waals surface area contributed by atoms with Crippen LogP contribution in [0.15, 0.2) is 17.7 Å². The molecule has 0 saturated carbocycles. The Labute approximate surface area is 174 Å². The topological polar surface area (TPSA) is 87.0 Å². The molecule has 0 radical (unpaired) electrons. The molecular weight excluding hydrogens is 368 g/mol. The molecule has 0 amide bonds. The largest absolute Gasteiger partial charge is 0.507 e. The van der Waals surface area contributed by atoms with Crippen LogP contribution in [0.4, 0.5) is 0 Å². The number of phenols is 2. The Morgan fingerprint density at radius 2 is 2.00 bits per heavy atom. The fourth-order valence-corrected chi connectivity index (χ4v) is 4.08. The third kappa shape index (κ3) is 6.23. The minimum absolute atomic E-state index is 0.0347. The number of rotatable bonds is 10. The number of unbranched alkanes of at least 4 members (excludes halogenated alkanes) is 2. The van der Waals surface area contributed by atoms with E-state index in [2.05, 4.69) is 13.0 Å². The predicted octanol–water partition coefficient (Wildman–Crippen LogP) is 5.36. The Kier molecular flexibility index (Phi) is 9.02. The number of carbonyl (C=O) groups is 1. The van der Waals surface area contributed by atoms with Crippen LogP contribution < -0.4 is 0 Å². The first-order valence-electron chi connectivity index (χ1n) is 11.0. The van der Waals surface area contributed by atoms with Crippen LogP contribution in [0.25, 0.3) is 0 Å². The van der Waals surface area contributed by atoms with E-state index in [9.17, 15) is 20.1 Å². The monoisotopic (exact) mass is 404 g/mol. The lowest BCUT2D eigenvalue weighted by atomic mass is 9.83. The maximum atomic E-state index is 12.8. The number of carbonyl (C=O) groups excluding carboxylic acids is 1. The van der Waals surface area contributed by atoms with Gasteiger partial charge in [0.2, 0.25) is 0 Å². The maximum Gasteiger partial charge on any atom is 0.342 e. The molecule has 0 spiro atoms. The van der Waals surface area contributed by atoms with Gasteiger partial charge in [-0.2, -0.15) is 0 Å². The summed E-state index contributed by atoms with van der Waals surface area (Å²) in [5.74, 6) is -0.900. The summed E-state index contributed by atoms with van der Waals surface area (Å²) in [4.78, 5) is 12.8. The zero-order valence-corrected chi connectivity index (χ0v) is 18.0. The molecule has 162 valence electrons. The van der Waals surface area contributed by atoms with Gasteiger partial charge in [0.25, 0.3) is 0 Å². The molecule has 0 aliphatic heterocycles. The van der Waals surface area contributed by atoms with Crippen LogP contribution in [0.1, 0.15) is 99.5 Å². The van der Waals surface area contributed by atoms with E-state index in [-0.39, 0.29) is 29.6 Å². The lowest BCUT2D eigenvalue weighted by Gasteiger charge is -2.24. The van der Waals surface area contributed by atoms with Gasteiger partial charge in [-0.15, -0.1) is 0 Å². The van der Waals surface area contributed by atoms with E-state index in [1.165, 1.54) is 5.57 Å². The van der Waals surface area contributed by atoms with E-state index >= 15 is 0 Å². The van der Waals surface area contributed by atoms with Crippen molar-refractivity contribution in [3.8, 4) is 11.5 Å². The van der Waals surface area contributed by atoms with Gasteiger partial charge in [0.05, 0.1) is 6.10 Å². The third-order valence-corrected chi connectivity index (χ3v) is 5.63. The fraction of sp³-hybridized carbons (Fsp3) is 0.625. The highest BCUT2D eigenvalue weighted by atomic mass is 16.5. The van der Waals surface area contributed by atoms with Crippen LogP contribution in [0, 0.1) is 0 Å². The van der Waals surface area contributed by atoms with Gasteiger partial charge in [-0.1, -0.05) is 44.8 Å². The first-order chi connectivity index (χ1) is 13.9. The highest BCUT2D eigenvalue weighted by molar-refractivity contribution is 5.95. The van der Waals surface area contributed by atoms with Crippen molar-refractivity contribution in [1.82, 2.24) is 0 Å². The standard InChI is InChI=1S/C24H36O5/c1-4-6-7-11-18-14-20(26)21(17-12-8-10-16(3)13-17)23(27)22(18)24(28)29-15-19(25)9-5-2/h13-14,17,19,25-27H,4-12,15H2,1-3H3. The number of aromatic hydroxyl groups is 2. The molecule has 0 aromatic heterocycles. The van der Waals surface area contributed by atoms with E-state index in [4.69, 9.17) is 4.74 Å². The predicted molar refractivity (Wildman–Crippen MR) is 115 cm³/mol. The van der Waals surface area contributed by atoms with Crippen molar-refractivity contribution in [2.75, 3.05) is 6.61 Å². The number of aryl methyl sites for hydroxylation is 1. The summed E-state index contributed by atoms with van der Waals surface area (Å²) in [5.41, 5.74) is 2.36. The summed E-state index contributed by atoms with van der Waals surface area (Å²) in [6.45, 7) is 6.00. The summed E-state index contributed by atoms with van der Waals surface area (Å²) >= 11 is 0. The molecule has 0 heterocycles. The average molecular weight is 405 g/mol. The Morgan fingerprint density at radius 3 is 2.66 bits per heavy atom. The number of phenolic OH excluding ortho intramolecular Hbond substituents is 2. The molecule has 1 aromatic rings. The molecule has 3 N–H and O–H groups in total. The van der Waals surface area contributed by atoms with Crippen molar-refractivity contribution in [2.45, 2.75) is 90.6 Å². The molecule has 2 unspecified atom stereocenters. The number of aliphatic hydroxyl groups is 1. The Balaban J connectivity index is 2.39. The second kappa shape index (κ2) is 11.2. The minimum atomic E-state index is -0.713. The third-order valence-electron chi connectivity index (χ3n) is 5.63. The maximum absolute atomic E-state index is 12.8. The Hall–Kier alpha value is -2.01. The first kappa shape index (κ1) is 23.3. The van der Waals surface area contributed by atoms with Crippen molar-refractivity contribution in [2.24, 2.45) is 0 Å². The van der Waals surface area contributed by atoms with Crippen LogP contribution in [0.3, 0.4) is 0 Å². The summed E-state index contributed by atoms with van der Waals surface area (Å²) in [6.07, 6.45) is 8.97. The molecule has 29 heavy (non-hydrogen) atoms. The molecule has 2 rings (SSSR count). The highest BCUT2D eigenvalue weighted by Crippen LogP contribution is 2.44. The fourth-order valence-electron chi connectivity index (χ4n) is 4.08. The molecule has 5 nitrogen and oxygen atoms in total. The van der Waals surface area contributed by atoms with E-state index in [1.54, 1.807) is 6.07 Å². The summed E-state index contributed by atoms with van der Waals surface area (Å²) in [6, 6.07) is 1.61. The number of hydrogen-bond donors (Lipinski definition) is 3. The van der Waals surface area contributed by atoms with E-state index in [0.29, 0.717) is 24.0 Å². The van der Waals surface area contributed by atoms with Gasteiger partial charge in [0.1, 0.15) is 23.7 Å². The van der Waals surface area contributed by atoms with Crippen LogP contribution in [0.5, 0.6) is 11.5 Å². The van der Waals surface area contributed by atoms with Gasteiger partial charge >= 0.3 is 5.97 Å². The van der Waals surface area contributed by atoms with Gasteiger partial charge in [0.15, 0.2) is 0 Å². The van der Waals surface area contributed by atoms with Gasteiger partial charge in [-0.05, 0) is 57.1 Å². The Morgan fingerprint density at radius 1 is 1.24 bits per heavy atom. The van der Waals surface area contributed by atoms with Crippen LogP contribution in [-0.2, 0) is 11.2 Å². The average Bonchev–Trinajstić information content (AvgIpc) is 2.66. The van der Waals surface area contributed by atoms with Gasteiger partial charge in [-0.3, -0.25) is 0 Å². The first-order valence-corrected chi connectivity index (χ1v) is 11.0. The van der Waals surface area contributed by atoms with Crippen molar-refractivity contribution < 1.29 is 24.9 Å². The van der Waals surface area contributed by atoms with Gasteiger partial charge in [-0.25, -0.2) is 4.79 Å².